The van der Waals surface area contributed by atoms with Crippen LogP contribution in [0.3, 0.4) is 0 Å². The SMILES string of the molecule is C=C[C@H]1[C@@H]2N[C@H](C(=O)O)[C@@H](CC(=O)O)[C@H]12. The zero-order valence-electron chi connectivity index (χ0n) is 8.09. The lowest BCUT2D eigenvalue weighted by Gasteiger charge is -2.18. The highest BCUT2D eigenvalue weighted by Gasteiger charge is 2.62. The molecule has 82 valence electrons. The van der Waals surface area contributed by atoms with Crippen molar-refractivity contribution in [2.24, 2.45) is 17.8 Å². The number of rotatable bonds is 4. The Labute approximate surface area is 86.8 Å². The number of hydrogen-bond acceptors (Lipinski definition) is 3. The van der Waals surface area contributed by atoms with Crippen LogP contribution in [0, 0.1) is 17.8 Å². The molecule has 0 aromatic carbocycles. The molecular formula is C10H13NO4. The number of aliphatic carboxylic acids is 2. The first-order valence-corrected chi connectivity index (χ1v) is 4.89. The standard InChI is InChI=1S/C10H13NO4/c1-2-4-7-5(3-6(12)13)9(10(14)15)11-8(4)7/h2,4-5,7-9,11H,1,3H2,(H,12,13)(H,14,15)/t4-,5+,7+,8+,9+/m1/s1. The van der Waals surface area contributed by atoms with Crippen LogP contribution < -0.4 is 5.32 Å². The monoisotopic (exact) mass is 211 g/mol. The number of carbonyl (C=O) groups is 2. The van der Waals surface area contributed by atoms with Crippen molar-refractivity contribution in [3.63, 3.8) is 0 Å². The molecule has 1 aliphatic carbocycles. The molecule has 2 aliphatic rings. The Morgan fingerprint density at radius 1 is 1.40 bits per heavy atom. The maximum atomic E-state index is 10.9. The van der Waals surface area contributed by atoms with Crippen LogP contribution in [0.25, 0.3) is 0 Å². The van der Waals surface area contributed by atoms with E-state index < -0.39 is 18.0 Å². The van der Waals surface area contributed by atoms with Crippen LogP contribution in [0.4, 0.5) is 0 Å². The second-order valence-corrected chi connectivity index (χ2v) is 4.16. The molecule has 0 unspecified atom stereocenters. The van der Waals surface area contributed by atoms with E-state index in [9.17, 15) is 9.59 Å². The average Bonchev–Trinajstić information content (AvgIpc) is 2.72. The zero-order valence-corrected chi connectivity index (χ0v) is 8.09. The first-order valence-electron chi connectivity index (χ1n) is 4.89. The van der Waals surface area contributed by atoms with Crippen LogP contribution in [-0.4, -0.2) is 34.2 Å². The summed E-state index contributed by atoms with van der Waals surface area (Å²) in [6.07, 6.45) is 1.69. The summed E-state index contributed by atoms with van der Waals surface area (Å²) < 4.78 is 0. The van der Waals surface area contributed by atoms with Crippen LogP contribution in [-0.2, 0) is 9.59 Å². The molecule has 2 fully saturated rings. The molecule has 0 aromatic rings. The van der Waals surface area contributed by atoms with Gasteiger partial charge in [-0.3, -0.25) is 9.59 Å². The molecule has 0 amide bonds. The van der Waals surface area contributed by atoms with E-state index in [1.807, 2.05) is 0 Å². The van der Waals surface area contributed by atoms with Gasteiger partial charge in [-0.2, -0.15) is 0 Å². The fraction of sp³-hybridized carbons (Fsp3) is 0.600. The van der Waals surface area contributed by atoms with Crippen molar-refractivity contribution in [2.45, 2.75) is 18.5 Å². The molecule has 2 rings (SSSR count). The van der Waals surface area contributed by atoms with Crippen LogP contribution >= 0.6 is 0 Å². The van der Waals surface area contributed by atoms with Crippen LogP contribution in [0.15, 0.2) is 12.7 Å². The molecule has 15 heavy (non-hydrogen) atoms. The topological polar surface area (TPSA) is 86.6 Å². The normalized spacial score (nSPS) is 42.0. The van der Waals surface area contributed by atoms with Gasteiger partial charge in [-0.1, -0.05) is 6.08 Å². The molecule has 1 saturated heterocycles. The van der Waals surface area contributed by atoms with E-state index in [-0.39, 0.29) is 30.2 Å². The number of nitrogens with one attached hydrogen (secondary N) is 1. The van der Waals surface area contributed by atoms with Crippen LogP contribution in [0.5, 0.6) is 0 Å². The Morgan fingerprint density at radius 2 is 2.07 bits per heavy atom. The van der Waals surface area contributed by atoms with Crippen molar-refractivity contribution in [1.82, 2.24) is 5.32 Å². The van der Waals surface area contributed by atoms with Crippen molar-refractivity contribution in [3.8, 4) is 0 Å². The van der Waals surface area contributed by atoms with Gasteiger partial charge in [0.15, 0.2) is 0 Å². The Hall–Kier alpha value is -1.36. The highest BCUT2D eigenvalue weighted by atomic mass is 16.4. The quantitative estimate of drug-likeness (QED) is 0.567. The minimum atomic E-state index is -0.962. The number of carboxylic acid groups (broad SMARTS) is 2. The smallest absolute Gasteiger partial charge is 0.321 e. The minimum Gasteiger partial charge on any atom is -0.481 e. The van der Waals surface area contributed by atoms with Crippen LogP contribution in [0.2, 0.25) is 0 Å². The molecule has 0 bridgehead atoms. The Kier molecular flexibility index (Phi) is 2.26. The molecule has 5 nitrogen and oxygen atoms in total. The van der Waals surface area contributed by atoms with E-state index in [1.54, 1.807) is 6.08 Å². The molecule has 1 heterocycles. The molecule has 0 aromatic heterocycles. The van der Waals surface area contributed by atoms with E-state index in [0.717, 1.165) is 0 Å². The van der Waals surface area contributed by atoms with Crippen molar-refractivity contribution < 1.29 is 19.8 Å². The summed E-state index contributed by atoms with van der Waals surface area (Å²) in [7, 11) is 0. The highest BCUT2D eigenvalue weighted by Crippen LogP contribution is 2.52. The van der Waals surface area contributed by atoms with Gasteiger partial charge in [-0.25, -0.2) is 0 Å². The lowest BCUT2D eigenvalue weighted by molar-refractivity contribution is -0.142. The third-order valence-electron chi connectivity index (χ3n) is 3.38. The fourth-order valence-electron chi connectivity index (χ4n) is 2.70. The highest BCUT2D eigenvalue weighted by molar-refractivity contribution is 5.77. The van der Waals surface area contributed by atoms with Gasteiger partial charge in [0.2, 0.25) is 0 Å². The number of carboxylic acids is 2. The van der Waals surface area contributed by atoms with Gasteiger partial charge in [0.1, 0.15) is 6.04 Å². The molecule has 0 spiro atoms. The van der Waals surface area contributed by atoms with Gasteiger partial charge in [0.05, 0.1) is 6.42 Å². The summed E-state index contributed by atoms with van der Waals surface area (Å²) >= 11 is 0. The summed E-state index contributed by atoms with van der Waals surface area (Å²) in [5.41, 5.74) is 0. The van der Waals surface area contributed by atoms with Crippen molar-refractivity contribution >= 4 is 11.9 Å². The summed E-state index contributed by atoms with van der Waals surface area (Å²) in [5, 5.41) is 20.6. The van der Waals surface area contributed by atoms with E-state index in [0.29, 0.717) is 0 Å². The van der Waals surface area contributed by atoms with Gasteiger partial charge >= 0.3 is 11.9 Å². The van der Waals surface area contributed by atoms with Gasteiger partial charge in [0, 0.05) is 12.0 Å². The number of hydrogen-bond donors (Lipinski definition) is 3. The second-order valence-electron chi connectivity index (χ2n) is 4.16. The van der Waals surface area contributed by atoms with E-state index in [4.69, 9.17) is 10.2 Å². The molecular weight excluding hydrogens is 198 g/mol. The Morgan fingerprint density at radius 3 is 2.53 bits per heavy atom. The van der Waals surface area contributed by atoms with E-state index in [2.05, 4.69) is 11.9 Å². The summed E-state index contributed by atoms with van der Waals surface area (Å²) in [6.45, 7) is 3.65. The van der Waals surface area contributed by atoms with Gasteiger partial charge < -0.3 is 15.5 Å². The third kappa shape index (κ3) is 1.52. The Bertz CT molecular complexity index is 327. The average molecular weight is 211 g/mol. The summed E-state index contributed by atoms with van der Waals surface area (Å²) in [6, 6.07) is -0.597. The molecule has 5 atom stereocenters. The third-order valence-corrected chi connectivity index (χ3v) is 3.38. The van der Waals surface area contributed by atoms with Gasteiger partial charge in [-0.15, -0.1) is 6.58 Å². The summed E-state index contributed by atoms with van der Waals surface area (Å²) in [4.78, 5) is 21.5. The van der Waals surface area contributed by atoms with Gasteiger partial charge in [-0.05, 0) is 11.8 Å². The van der Waals surface area contributed by atoms with Gasteiger partial charge in [0.25, 0.3) is 0 Å². The first-order chi connectivity index (χ1) is 7.06. The lowest BCUT2D eigenvalue weighted by atomic mass is 9.92. The largest absolute Gasteiger partial charge is 0.481 e. The molecule has 1 aliphatic heterocycles. The zero-order chi connectivity index (χ0) is 11.2. The predicted molar refractivity (Wildman–Crippen MR) is 51.3 cm³/mol. The van der Waals surface area contributed by atoms with Crippen LogP contribution in [0.1, 0.15) is 6.42 Å². The minimum absolute atomic E-state index is 0.0878. The van der Waals surface area contributed by atoms with Crippen molar-refractivity contribution in [1.29, 1.82) is 0 Å². The lowest BCUT2D eigenvalue weighted by Crippen LogP contribution is -2.40. The summed E-state index contributed by atoms with van der Waals surface area (Å²) in [5.74, 6) is -1.84. The fourth-order valence-corrected chi connectivity index (χ4v) is 2.70. The maximum Gasteiger partial charge on any atom is 0.321 e. The second kappa shape index (κ2) is 3.34. The Balaban J connectivity index is 2.10. The first kappa shape index (κ1) is 10.2. The molecule has 1 saturated carbocycles. The van der Waals surface area contributed by atoms with Crippen molar-refractivity contribution in [2.75, 3.05) is 0 Å². The maximum absolute atomic E-state index is 10.9. The van der Waals surface area contributed by atoms with E-state index in [1.165, 1.54) is 0 Å². The van der Waals surface area contributed by atoms with E-state index >= 15 is 0 Å². The molecule has 0 radical (unpaired) electrons. The number of piperidine rings is 1. The number of fused-ring (bicyclic) bond motifs is 1. The predicted octanol–water partition coefficient (Wildman–Crippen LogP) is -0.0657. The molecule has 3 N–H and O–H groups in total. The van der Waals surface area contributed by atoms with Crippen molar-refractivity contribution in [3.05, 3.63) is 12.7 Å². The molecule has 5 heteroatoms.